The van der Waals surface area contributed by atoms with Crippen molar-refractivity contribution in [3.63, 3.8) is 0 Å². The van der Waals surface area contributed by atoms with Gasteiger partial charge in [-0.05, 0) is 52.4 Å². The number of hydrogen-bond donors (Lipinski definition) is 1. The van der Waals surface area contributed by atoms with Crippen LogP contribution >= 0.6 is 11.6 Å². The third kappa shape index (κ3) is 1.85. The summed E-state index contributed by atoms with van der Waals surface area (Å²) in [5.74, 6) is -0.949. The van der Waals surface area contributed by atoms with Crippen molar-refractivity contribution < 1.29 is 9.90 Å². The Labute approximate surface area is 116 Å². The van der Waals surface area contributed by atoms with E-state index < -0.39 is 5.97 Å². The van der Waals surface area contributed by atoms with Crippen molar-refractivity contribution in [3.05, 3.63) is 64.2 Å². The highest BCUT2D eigenvalue weighted by atomic mass is 35.5. The van der Waals surface area contributed by atoms with E-state index in [0.29, 0.717) is 5.02 Å². The van der Waals surface area contributed by atoms with Crippen LogP contribution in [0.25, 0.3) is 16.7 Å². The lowest BCUT2D eigenvalue weighted by Crippen LogP contribution is -1.91. The normalized spacial score (nSPS) is 14.3. The van der Waals surface area contributed by atoms with Crippen molar-refractivity contribution in [2.75, 3.05) is 0 Å². The number of benzene rings is 2. The Hall–Kier alpha value is -2.06. The zero-order chi connectivity index (χ0) is 13.6. The van der Waals surface area contributed by atoms with Crippen molar-refractivity contribution in [1.29, 1.82) is 0 Å². The molecule has 0 heterocycles. The van der Waals surface area contributed by atoms with Gasteiger partial charge < -0.3 is 5.11 Å². The highest BCUT2D eigenvalue weighted by Crippen LogP contribution is 2.46. The van der Waals surface area contributed by atoms with Crippen molar-refractivity contribution >= 4 is 23.1 Å². The molecule has 0 spiro atoms. The molecule has 0 aliphatic heterocycles. The summed E-state index contributed by atoms with van der Waals surface area (Å²) in [6, 6.07) is 11.5. The second-order valence-electron chi connectivity index (χ2n) is 4.58. The Morgan fingerprint density at radius 1 is 1.16 bits per heavy atom. The number of carboxylic acids is 1. The first-order valence-electron chi connectivity index (χ1n) is 5.93. The summed E-state index contributed by atoms with van der Waals surface area (Å²) in [7, 11) is 0. The number of carbonyl (C=O) groups is 1. The molecule has 1 aliphatic rings. The monoisotopic (exact) mass is 270 g/mol. The molecule has 3 heteroatoms. The standard InChI is InChI=1S/C16H11ClO2/c1-9-3-2-4-11-14(8-15(18)19)13-7-10(17)5-6-12(13)16(9)11/h2-8H,1H3,(H,18,19)/b14-8-. The van der Waals surface area contributed by atoms with Crippen LogP contribution in [0.15, 0.2) is 42.5 Å². The molecule has 0 atom stereocenters. The van der Waals surface area contributed by atoms with Gasteiger partial charge >= 0.3 is 5.97 Å². The van der Waals surface area contributed by atoms with E-state index in [9.17, 15) is 4.79 Å². The van der Waals surface area contributed by atoms with Crippen molar-refractivity contribution in [3.8, 4) is 11.1 Å². The number of aryl methyl sites for hydroxylation is 1. The van der Waals surface area contributed by atoms with Crippen LogP contribution in [0.3, 0.4) is 0 Å². The van der Waals surface area contributed by atoms with Crippen molar-refractivity contribution in [2.24, 2.45) is 0 Å². The molecule has 1 aliphatic carbocycles. The van der Waals surface area contributed by atoms with Gasteiger partial charge in [0.25, 0.3) is 0 Å². The maximum absolute atomic E-state index is 11.0. The third-order valence-corrected chi connectivity index (χ3v) is 3.61. The number of aliphatic carboxylic acids is 1. The molecule has 0 bridgehead atoms. The Morgan fingerprint density at radius 2 is 1.95 bits per heavy atom. The predicted octanol–water partition coefficient (Wildman–Crippen LogP) is 4.15. The molecule has 3 rings (SSSR count). The number of halogens is 1. The lowest BCUT2D eigenvalue weighted by molar-refractivity contribution is -0.131. The first-order valence-corrected chi connectivity index (χ1v) is 6.30. The van der Waals surface area contributed by atoms with E-state index >= 15 is 0 Å². The molecule has 2 aromatic rings. The SMILES string of the molecule is Cc1cccc2c1-c1ccc(Cl)cc1/C2=C\C(=O)O. The van der Waals surface area contributed by atoms with Crippen LogP contribution in [0.4, 0.5) is 0 Å². The zero-order valence-corrected chi connectivity index (χ0v) is 11.0. The van der Waals surface area contributed by atoms with Gasteiger partial charge in [0.15, 0.2) is 0 Å². The van der Waals surface area contributed by atoms with Gasteiger partial charge in [-0.15, -0.1) is 0 Å². The van der Waals surface area contributed by atoms with Gasteiger partial charge in [0.2, 0.25) is 0 Å². The van der Waals surface area contributed by atoms with E-state index in [4.69, 9.17) is 16.7 Å². The summed E-state index contributed by atoms with van der Waals surface area (Å²) in [5, 5.41) is 9.67. The van der Waals surface area contributed by atoms with Gasteiger partial charge in [-0.25, -0.2) is 4.79 Å². The predicted molar refractivity (Wildman–Crippen MR) is 76.3 cm³/mol. The lowest BCUT2D eigenvalue weighted by Gasteiger charge is -2.04. The van der Waals surface area contributed by atoms with E-state index in [1.807, 2.05) is 43.3 Å². The molecule has 2 aromatic carbocycles. The molecule has 0 aromatic heterocycles. The molecule has 19 heavy (non-hydrogen) atoms. The summed E-state index contributed by atoms with van der Waals surface area (Å²) in [5.41, 5.74) is 5.85. The molecule has 0 saturated carbocycles. The quantitative estimate of drug-likeness (QED) is 0.675. The Balaban J connectivity index is 2.39. The Morgan fingerprint density at radius 3 is 2.68 bits per heavy atom. The molecular formula is C16H11ClO2. The topological polar surface area (TPSA) is 37.3 Å². The highest BCUT2D eigenvalue weighted by Gasteiger charge is 2.25. The van der Waals surface area contributed by atoms with Gasteiger partial charge in [-0.1, -0.05) is 35.9 Å². The lowest BCUT2D eigenvalue weighted by atomic mass is 10.0. The van der Waals surface area contributed by atoms with Crippen LogP contribution in [0.2, 0.25) is 5.02 Å². The minimum absolute atomic E-state index is 0.612. The number of carboxylic acid groups (broad SMARTS) is 1. The molecule has 0 fully saturated rings. The van der Waals surface area contributed by atoms with E-state index in [2.05, 4.69) is 0 Å². The van der Waals surface area contributed by atoms with Gasteiger partial charge in [0, 0.05) is 11.1 Å². The third-order valence-electron chi connectivity index (χ3n) is 3.37. The second kappa shape index (κ2) is 4.25. The summed E-state index contributed by atoms with van der Waals surface area (Å²) >= 11 is 6.03. The van der Waals surface area contributed by atoms with Crippen LogP contribution < -0.4 is 0 Å². The smallest absolute Gasteiger partial charge is 0.328 e. The Kier molecular flexibility index (Phi) is 2.68. The van der Waals surface area contributed by atoms with E-state index in [1.54, 1.807) is 0 Å². The largest absolute Gasteiger partial charge is 0.478 e. The molecule has 1 N–H and O–H groups in total. The van der Waals surface area contributed by atoms with Crippen molar-refractivity contribution in [1.82, 2.24) is 0 Å². The molecule has 0 saturated heterocycles. The van der Waals surface area contributed by atoms with E-state index in [0.717, 1.165) is 33.4 Å². The summed E-state index contributed by atoms with van der Waals surface area (Å²) < 4.78 is 0. The van der Waals surface area contributed by atoms with Gasteiger partial charge in [-0.3, -0.25) is 0 Å². The second-order valence-corrected chi connectivity index (χ2v) is 5.02. The minimum Gasteiger partial charge on any atom is -0.478 e. The van der Waals surface area contributed by atoms with Crippen LogP contribution in [0.1, 0.15) is 16.7 Å². The van der Waals surface area contributed by atoms with Gasteiger partial charge in [-0.2, -0.15) is 0 Å². The van der Waals surface area contributed by atoms with Gasteiger partial charge in [0.1, 0.15) is 0 Å². The average Bonchev–Trinajstić information content (AvgIpc) is 2.64. The summed E-state index contributed by atoms with van der Waals surface area (Å²) in [6.07, 6.45) is 1.25. The minimum atomic E-state index is -0.949. The zero-order valence-electron chi connectivity index (χ0n) is 10.3. The molecule has 0 radical (unpaired) electrons. The van der Waals surface area contributed by atoms with Crippen LogP contribution in [-0.4, -0.2) is 11.1 Å². The number of hydrogen-bond acceptors (Lipinski definition) is 1. The van der Waals surface area contributed by atoms with E-state index in [-0.39, 0.29) is 0 Å². The Bertz CT molecular complexity index is 730. The molecular weight excluding hydrogens is 260 g/mol. The summed E-state index contributed by atoms with van der Waals surface area (Å²) in [4.78, 5) is 11.0. The van der Waals surface area contributed by atoms with E-state index in [1.165, 1.54) is 6.08 Å². The number of rotatable bonds is 1. The number of fused-ring (bicyclic) bond motifs is 3. The fourth-order valence-corrected chi connectivity index (χ4v) is 2.80. The first kappa shape index (κ1) is 12.0. The fourth-order valence-electron chi connectivity index (χ4n) is 2.63. The van der Waals surface area contributed by atoms with Crippen LogP contribution in [0.5, 0.6) is 0 Å². The molecule has 0 unspecified atom stereocenters. The fraction of sp³-hybridized carbons (Fsp3) is 0.0625. The molecule has 94 valence electrons. The van der Waals surface area contributed by atoms with Crippen LogP contribution in [0, 0.1) is 6.92 Å². The maximum atomic E-state index is 11.0. The molecule has 0 amide bonds. The van der Waals surface area contributed by atoms with Crippen LogP contribution in [-0.2, 0) is 4.79 Å². The first-order chi connectivity index (χ1) is 9.08. The molecule has 2 nitrogen and oxygen atoms in total. The highest BCUT2D eigenvalue weighted by molar-refractivity contribution is 6.31. The van der Waals surface area contributed by atoms with Crippen molar-refractivity contribution in [2.45, 2.75) is 6.92 Å². The van der Waals surface area contributed by atoms with Gasteiger partial charge in [0.05, 0.1) is 0 Å². The summed E-state index contributed by atoms with van der Waals surface area (Å²) in [6.45, 7) is 2.03. The average molecular weight is 271 g/mol. The maximum Gasteiger partial charge on any atom is 0.328 e.